The van der Waals surface area contributed by atoms with Crippen LogP contribution in [0.2, 0.25) is 0 Å². The predicted molar refractivity (Wildman–Crippen MR) is 63.8 cm³/mol. The molecule has 0 aliphatic rings. The van der Waals surface area contributed by atoms with Crippen LogP contribution in [0.4, 0.5) is 0 Å². The highest BCUT2D eigenvalue weighted by Crippen LogP contribution is 2.10. The molecule has 0 aliphatic heterocycles. The molecule has 0 saturated carbocycles. The Morgan fingerprint density at radius 3 is 2.69 bits per heavy atom. The first-order valence-corrected chi connectivity index (χ1v) is 5.96. The van der Waals surface area contributed by atoms with Crippen LogP contribution < -0.4 is 0 Å². The average molecular weight is 232 g/mol. The van der Waals surface area contributed by atoms with Crippen molar-refractivity contribution in [3.05, 3.63) is 46.7 Å². The van der Waals surface area contributed by atoms with Gasteiger partial charge in [-0.05, 0) is 11.5 Å². The molecule has 82 valence electrons. The molecule has 0 N–H and O–H groups in total. The molecular weight excluding hydrogens is 220 g/mol. The highest BCUT2D eigenvalue weighted by atomic mass is 32.1. The van der Waals surface area contributed by atoms with Gasteiger partial charge in [0.05, 0.1) is 6.42 Å². The molecule has 4 heteroatoms. The van der Waals surface area contributed by atoms with Gasteiger partial charge in [-0.2, -0.15) is 4.37 Å². The Balaban J connectivity index is 2.08. The van der Waals surface area contributed by atoms with E-state index in [1.807, 2.05) is 37.3 Å². The van der Waals surface area contributed by atoms with Crippen LogP contribution in [0.25, 0.3) is 0 Å². The maximum Gasteiger partial charge on any atom is 0.169 e. The van der Waals surface area contributed by atoms with E-state index in [4.69, 9.17) is 0 Å². The van der Waals surface area contributed by atoms with Gasteiger partial charge in [0.1, 0.15) is 10.8 Å². The van der Waals surface area contributed by atoms with Crippen LogP contribution in [-0.2, 0) is 12.8 Å². The zero-order chi connectivity index (χ0) is 11.4. The summed E-state index contributed by atoms with van der Waals surface area (Å²) in [6.45, 7) is 2.00. The van der Waals surface area contributed by atoms with E-state index in [-0.39, 0.29) is 5.78 Å². The summed E-state index contributed by atoms with van der Waals surface area (Å²) in [5, 5.41) is 0.797. The van der Waals surface area contributed by atoms with Gasteiger partial charge in [-0.3, -0.25) is 4.79 Å². The van der Waals surface area contributed by atoms with Gasteiger partial charge >= 0.3 is 0 Å². The summed E-state index contributed by atoms with van der Waals surface area (Å²) in [5.74, 6) is 0.917. The third-order valence-electron chi connectivity index (χ3n) is 2.23. The van der Waals surface area contributed by atoms with Crippen molar-refractivity contribution in [2.75, 3.05) is 0 Å². The van der Waals surface area contributed by atoms with Crippen molar-refractivity contribution in [3.63, 3.8) is 0 Å². The monoisotopic (exact) mass is 232 g/mol. The maximum atomic E-state index is 11.9. The normalized spacial score (nSPS) is 10.3. The van der Waals surface area contributed by atoms with Gasteiger partial charge < -0.3 is 0 Å². The number of ketones is 1. The zero-order valence-corrected chi connectivity index (χ0v) is 9.83. The predicted octanol–water partition coefficient (Wildman–Crippen LogP) is 2.53. The summed E-state index contributed by atoms with van der Waals surface area (Å²) in [7, 11) is 0. The Morgan fingerprint density at radius 1 is 1.31 bits per heavy atom. The highest BCUT2D eigenvalue weighted by molar-refractivity contribution is 7.05. The quantitative estimate of drug-likeness (QED) is 0.761. The summed E-state index contributed by atoms with van der Waals surface area (Å²) in [6.07, 6.45) is 1.16. The van der Waals surface area contributed by atoms with Crippen LogP contribution >= 0.6 is 11.5 Å². The molecule has 1 aromatic carbocycles. The minimum Gasteiger partial charge on any atom is -0.294 e. The van der Waals surface area contributed by atoms with Crippen LogP contribution in [0.5, 0.6) is 0 Å². The van der Waals surface area contributed by atoms with Crippen molar-refractivity contribution >= 4 is 17.3 Å². The zero-order valence-electron chi connectivity index (χ0n) is 9.01. The molecule has 16 heavy (non-hydrogen) atoms. The molecule has 2 aromatic rings. The van der Waals surface area contributed by atoms with Crippen molar-refractivity contribution in [1.82, 2.24) is 9.36 Å². The lowest BCUT2D eigenvalue weighted by molar-refractivity contribution is 0.0993. The maximum absolute atomic E-state index is 11.9. The molecule has 3 nitrogen and oxygen atoms in total. The first-order valence-electron chi connectivity index (χ1n) is 5.19. The first kappa shape index (κ1) is 11.0. The number of hydrogen-bond acceptors (Lipinski definition) is 4. The van der Waals surface area contributed by atoms with Gasteiger partial charge in [0, 0.05) is 12.0 Å². The fourth-order valence-corrected chi connectivity index (χ4v) is 2.09. The third-order valence-corrected chi connectivity index (χ3v) is 2.98. The van der Waals surface area contributed by atoms with E-state index < -0.39 is 0 Å². The van der Waals surface area contributed by atoms with Gasteiger partial charge in [-0.1, -0.05) is 37.3 Å². The number of Topliss-reactive ketones (excluding diaryl/α,β-unsaturated/α-hetero) is 1. The topological polar surface area (TPSA) is 42.9 Å². The van der Waals surface area contributed by atoms with Crippen LogP contribution in [0.3, 0.4) is 0 Å². The number of benzene rings is 1. The van der Waals surface area contributed by atoms with Crippen molar-refractivity contribution in [1.29, 1.82) is 0 Å². The molecular formula is C12H12N2OS. The molecule has 0 radical (unpaired) electrons. The van der Waals surface area contributed by atoms with Crippen LogP contribution in [0.1, 0.15) is 28.1 Å². The molecule has 0 atom stereocenters. The van der Waals surface area contributed by atoms with Crippen molar-refractivity contribution < 1.29 is 4.79 Å². The lowest BCUT2D eigenvalue weighted by Crippen LogP contribution is -2.02. The van der Waals surface area contributed by atoms with E-state index >= 15 is 0 Å². The number of carbonyl (C=O) groups excluding carboxylic acids is 1. The fraction of sp³-hybridized carbons (Fsp3) is 0.250. The van der Waals surface area contributed by atoms with E-state index in [1.165, 1.54) is 11.5 Å². The Labute approximate surface area is 98.3 Å². The SMILES string of the molecule is CCc1nsc(CC(=O)c2ccccc2)n1. The summed E-state index contributed by atoms with van der Waals surface area (Å²) >= 11 is 1.32. The number of aryl methyl sites for hydroxylation is 1. The van der Waals surface area contributed by atoms with E-state index in [0.29, 0.717) is 6.42 Å². The van der Waals surface area contributed by atoms with Crippen LogP contribution in [0.15, 0.2) is 30.3 Å². The number of hydrogen-bond donors (Lipinski definition) is 0. The smallest absolute Gasteiger partial charge is 0.169 e. The number of carbonyl (C=O) groups is 1. The molecule has 0 saturated heterocycles. The third kappa shape index (κ3) is 2.52. The minimum atomic E-state index is 0.0967. The van der Waals surface area contributed by atoms with Gasteiger partial charge in [-0.15, -0.1) is 0 Å². The molecule has 0 spiro atoms. The second-order valence-electron chi connectivity index (χ2n) is 3.42. The summed E-state index contributed by atoms with van der Waals surface area (Å²) in [6, 6.07) is 9.28. The molecule has 1 heterocycles. The Morgan fingerprint density at radius 2 is 2.06 bits per heavy atom. The molecule has 0 amide bonds. The second-order valence-corrected chi connectivity index (χ2v) is 4.26. The van der Waals surface area contributed by atoms with Gasteiger partial charge in [0.15, 0.2) is 5.78 Å². The van der Waals surface area contributed by atoms with E-state index in [0.717, 1.165) is 22.8 Å². The summed E-state index contributed by atoms with van der Waals surface area (Å²) in [5.41, 5.74) is 0.732. The average Bonchev–Trinajstić information content (AvgIpc) is 2.78. The fourth-order valence-electron chi connectivity index (χ4n) is 1.37. The van der Waals surface area contributed by atoms with E-state index in [9.17, 15) is 4.79 Å². The summed E-state index contributed by atoms with van der Waals surface area (Å²) < 4.78 is 4.16. The molecule has 2 rings (SSSR count). The largest absolute Gasteiger partial charge is 0.294 e. The number of aromatic nitrogens is 2. The van der Waals surface area contributed by atoms with E-state index in [1.54, 1.807) is 0 Å². The molecule has 1 aromatic heterocycles. The number of rotatable bonds is 4. The Bertz CT molecular complexity index is 479. The molecule has 0 fully saturated rings. The van der Waals surface area contributed by atoms with Gasteiger partial charge in [0.2, 0.25) is 0 Å². The lowest BCUT2D eigenvalue weighted by Gasteiger charge is -1.96. The summed E-state index contributed by atoms with van der Waals surface area (Å²) in [4.78, 5) is 16.1. The van der Waals surface area contributed by atoms with Crippen molar-refractivity contribution in [2.24, 2.45) is 0 Å². The lowest BCUT2D eigenvalue weighted by atomic mass is 10.1. The Kier molecular flexibility index (Phi) is 3.41. The minimum absolute atomic E-state index is 0.0967. The molecule has 0 unspecified atom stereocenters. The van der Waals surface area contributed by atoms with Crippen molar-refractivity contribution in [2.45, 2.75) is 19.8 Å². The van der Waals surface area contributed by atoms with Crippen LogP contribution in [0, 0.1) is 0 Å². The first-order chi connectivity index (χ1) is 7.79. The standard InChI is InChI=1S/C12H12N2OS/c1-2-11-13-12(16-14-11)8-10(15)9-6-4-3-5-7-9/h3-7H,2,8H2,1H3. The Hall–Kier alpha value is -1.55. The number of nitrogens with zero attached hydrogens (tertiary/aromatic N) is 2. The van der Waals surface area contributed by atoms with E-state index in [2.05, 4.69) is 9.36 Å². The van der Waals surface area contributed by atoms with Crippen LogP contribution in [-0.4, -0.2) is 15.1 Å². The highest BCUT2D eigenvalue weighted by Gasteiger charge is 2.10. The van der Waals surface area contributed by atoms with Gasteiger partial charge in [-0.25, -0.2) is 4.98 Å². The molecule has 0 bridgehead atoms. The molecule has 0 aliphatic carbocycles. The van der Waals surface area contributed by atoms with Gasteiger partial charge in [0.25, 0.3) is 0 Å². The van der Waals surface area contributed by atoms with Crippen molar-refractivity contribution in [3.8, 4) is 0 Å². The second kappa shape index (κ2) is 4.99.